The van der Waals surface area contributed by atoms with Gasteiger partial charge in [0, 0.05) is 24.2 Å². The third-order valence-electron chi connectivity index (χ3n) is 5.32. The maximum Gasteiger partial charge on any atom is 0.255 e. The molecule has 0 spiro atoms. The van der Waals surface area contributed by atoms with E-state index in [1.165, 1.54) is 0 Å². The SMILES string of the molecule is COc1c2cc(C)cc1COc1ccccc1C(=O)NCCNC(=O)c1ccccc1OC2. The third kappa shape index (κ3) is 5.09. The molecule has 170 valence electrons. The number of carbonyl (C=O) groups is 2. The maximum atomic E-state index is 12.7. The third-order valence-corrected chi connectivity index (χ3v) is 5.32. The first-order valence-corrected chi connectivity index (χ1v) is 10.7. The van der Waals surface area contributed by atoms with E-state index in [9.17, 15) is 9.59 Å². The molecule has 33 heavy (non-hydrogen) atoms. The first-order valence-electron chi connectivity index (χ1n) is 10.7. The minimum Gasteiger partial charge on any atom is -0.496 e. The van der Waals surface area contributed by atoms with Crippen molar-refractivity contribution >= 4 is 11.8 Å². The summed E-state index contributed by atoms with van der Waals surface area (Å²) in [7, 11) is 1.60. The van der Waals surface area contributed by atoms with E-state index in [4.69, 9.17) is 14.2 Å². The van der Waals surface area contributed by atoms with Gasteiger partial charge in [0.25, 0.3) is 11.8 Å². The average Bonchev–Trinajstić information content (AvgIpc) is 2.83. The van der Waals surface area contributed by atoms with Crippen LogP contribution in [0.25, 0.3) is 0 Å². The van der Waals surface area contributed by atoms with Gasteiger partial charge in [0.15, 0.2) is 0 Å². The zero-order chi connectivity index (χ0) is 23.2. The molecular weight excluding hydrogens is 420 g/mol. The zero-order valence-corrected chi connectivity index (χ0v) is 18.6. The molecule has 0 aromatic heterocycles. The number of fused-ring (bicyclic) bond motifs is 4. The fourth-order valence-corrected chi connectivity index (χ4v) is 3.82. The molecule has 2 amide bonds. The second kappa shape index (κ2) is 10.1. The lowest BCUT2D eigenvalue weighted by Gasteiger charge is -2.17. The first kappa shape index (κ1) is 22.2. The number of nitrogens with one attached hydrogen (secondary N) is 2. The van der Waals surface area contributed by atoms with E-state index < -0.39 is 0 Å². The number of para-hydroxylation sites is 2. The van der Waals surface area contributed by atoms with Crippen molar-refractivity contribution in [1.29, 1.82) is 0 Å². The lowest BCUT2D eigenvalue weighted by atomic mass is 10.1. The van der Waals surface area contributed by atoms with E-state index in [1.54, 1.807) is 43.5 Å². The molecular formula is C26H26N2O5. The molecule has 0 saturated heterocycles. The van der Waals surface area contributed by atoms with Crippen LogP contribution in [-0.2, 0) is 13.2 Å². The van der Waals surface area contributed by atoms with Crippen LogP contribution in [0.1, 0.15) is 37.4 Å². The highest BCUT2D eigenvalue weighted by atomic mass is 16.5. The van der Waals surface area contributed by atoms with Crippen LogP contribution < -0.4 is 24.8 Å². The van der Waals surface area contributed by atoms with Crippen LogP contribution >= 0.6 is 0 Å². The van der Waals surface area contributed by atoms with Gasteiger partial charge >= 0.3 is 0 Å². The van der Waals surface area contributed by atoms with Gasteiger partial charge < -0.3 is 24.8 Å². The van der Waals surface area contributed by atoms with Gasteiger partial charge in [-0.15, -0.1) is 0 Å². The summed E-state index contributed by atoms with van der Waals surface area (Å²) in [5, 5.41) is 5.65. The lowest BCUT2D eigenvalue weighted by Crippen LogP contribution is -2.35. The molecule has 1 aliphatic heterocycles. The quantitative estimate of drug-likeness (QED) is 0.596. The van der Waals surface area contributed by atoms with Gasteiger partial charge in [-0.3, -0.25) is 9.59 Å². The van der Waals surface area contributed by atoms with Crippen molar-refractivity contribution in [3.05, 3.63) is 88.5 Å². The fourth-order valence-electron chi connectivity index (χ4n) is 3.82. The van der Waals surface area contributed by atoms with Crippen molar-refractivity contribution in [2.45, 2.75) is 20.1 Å². The molecule has 0 saturated carbocycles. The Morgan fingerprint density at radius 3 is 1.67 bits per heavy atom. The summed E-state index contributed by atoms with van der Waals surface area (Å²) < 4.78 is 17.8. The molecule has 0 radical (unpaired) electrons. The number of amides is 2. The normalized spacial score (nSPS) is 14.4. The Balaban J connectivity index is 1.73. The number of ether oxygens (including phenoxy) is 3. The van der Waals surface area contributed by atoms with Gasteiger partial charge in [0.05, 0.1) is 18.2 Å². The second-order valence-corrected chi connectivity index (χ2v) is 7.70. The largest absolute Gasteiger partial charge is 0.496 e. The lowest BCUT2D eigenvalue weighted by molar-refractivity contribution is 0.0923. The van der Waals surface area contributed by atoms with E-state index in [1.807, 2.05) is 31.2 Å². The van der Waals surface area contributed by atoms with Gasteiger partial charge in [-0.25, -0.2) is 0 Å². The predicted octanol–water partition coefficient (Wildman–Crippen LogP) is 3.63. The zero-order valence-electron chi connectivity index (χ0n) is 18.6. The average molecular weight is 447 g/mol. The number of aryl methyl sites for hydroxylation is 1. The second-order valence-electron chi connectivity index (χ2n) is 7.70. The Morgan fingerprint density at radius 1 is 0.758 bits per heavy atom. The maximum absolute atomic E-state index is 12.7. The van der Waals surface area contributed by atoms with Crippen LogP contribution in [0.15, 0.2) is 60.7 Å². The number of methoxy groups -OCH3 is 1. The summed E-state index contributed by atoms with van der Waals surface area (Å²) in [6.07, 6.45) is 0. The number of carbonyl (C=O) groups excluding carboxylic acids is 2. The van der Waals surface area contributed by atoms with Crippen molar-refractivity contribution in [3.63, 3.8) is 0 Å². The number of rotatable bonds is 1. The molecule has 2 bridgehead atoms. The summed E-state index contributed by atoms with van der Waals surface area (Å²) in [6, 6.07) is 18.1. The van der Waals surface area contributed by atoms with Crippen LogP contribution in [0.5, 0.6) is 17.2 Å². The Kier molecular flexibility index (Phi) is 6.78. The highest BCUT2D eigenvalue weighted by Gasteiger charge is 2.18. The molecule has 0 aliphatic carbocycles. The van der Waals surface area contributed by atoms with Crippen molar-refractivity contribution < 1.29 is 23.8 Å². The van der Waals surface area contributed by atoms with Gasteiger partial charge in [-0.05, 0) is 43.3 Å². The van der Waals surface area contributed by atoms with Crippen molar-refractivity contribution in [2.24, 2.45) is 0 Å². The van der Waals surface area contributed by atoms with Crippen LogP contribution in [0.4, 0.5) is 0 Å². The van der Waals surface area contributed by atoms with E-state index in [-0.39, 0.29) is 38.1 Å². The summed E-state index contributed by atoms with van der Waals surface area (Å²) in [6.45, 7) is 2.97. The highest BCUT2D eigenvalue weighted by molar-refractivity contribution is 5.98. The van der Waals surface area contributed by atoms with Crippen LogP contribution in [-0.4, -0.2) is 32.0 Å². The summed E-state index contributed by atoms with van der Waals surface area (Å²) in [5.41, 5.74) is 3.54. The van der Waals surface area contributed by atoms with Gasteiger partial charge in [-0.2, -0.15) is 0 Å². The van der Waals surface area contributed by atoms with Crippen LogP contribution in [0.2, 0.25) is 0 Å². The van der Waals surface area contributed by atoms with Crippen LogP contribution in [0, 0.1) is 6.92 Å². The molecule has 4 rings (SSSR count). The molecule has 0 fully saturated rings. The van der Waals surface area contributed by atoms with Crippen LogP contribution in [0.3, 0.4) is 0 Å². The molecule has 0 unspecified atom stereocenters. The summed E-state index contributed by atoms with van der Waals surface area (Å²) >= 11 is 0. The number of hydrogen-bond acceptors (Lipinski definition) is 5. The van der Waals surface area contributed by atoms with Gasteiger partial charge in [0.1, 0.15) is 30.5 Å². The summed E-state index contributed by atoms with van der Waals surface area (Å²) in [5.74, 6) is 1.04. The molecule has 1 heterocycles. The number of benzene rings is 3. The highest BCUT2D eigenvalue weighted by Crippen LogP contribution is 2.30. The van der Waals surface area contributed by atoms with Gasteiger partial charge in [-0.1, -0.05) is 29.8 Å². The molecule has 2 N–H and O–H groups in total. The van der Waals surface area contributed by atoms with E-state index in [2.05, 4.69) is 10.6 Å². The minimum atomic E-state index is -0.273. The molecule has 1 aliphatic rings. The molecule has 3 aromatic rings. The standard InChI is InChI=1S/C26H26N2O5/c1-17-13-18-15-32-22-9-5-3-7-20(22)25(29)27-11-12-28-26(30)21-8-4-6-10-23(21)33-16-19(14-17)24(18)31-2/h3-10,13-14H,11-12,15-16H2,1-2H3,(H,27,29)(H,28,30). The molecule has 7 heteroatoms. The monoisotopic (exact) mass is 446 g/mol. The Morgan fingerprint density at radius 2 is 1.21 bits per heavy atom. The molecule has 0 atom stereocenters. The topological polar surface area (TPSA) is 85.9 Å². The van der Waals surface area contributed by atoms with Crippen molar-refractivity contribution in [1.82, 2.24) is 10.6 Å². The van der Waals surface area contributed by atoms with E-state index in [0.29, 0.717) is 28.4 Å². The van der Waals surface area contributed by atoms with Crippen molar-refractivity contribution in [3.8, 4) is 17.2 Å². The molecule has 7 nitrogen and oxygen atoms in total. The van der Waals surface area contributed by atoms with E-state index in [0.717, 1.165) is 16.7 Å². The first-order chi connectivity index (χ1) is 16.1. The minimum absolute atomic E-state index is 0.221. The molecule has 3 aromatic carbocycles. The Labute approximate surface area is 192 Å². The van der Waals surface area contributed by atoms with E-state index >= 15 is 0 Å². The predicted molar refractivity (Wildman–Crippen MR) is 124 cm³/mol. The summed E-state index contributed by atoms with van der Waals surface area (Å²) in [4.78, 5) is 25.5. The fraction of sp³-hybridized carbons (Fsp3) is 0.231. The van der Waals surface area contributed by atoms with Crippen molar-refractivity contribution in [2.75, 3.05) is 20.2 Å². The Hall–Kier alpha value is -4.00. The Bertz CT molecular complexity index is 1090. The smallest absolute Gasteiger partial charge is 0.255 e. The number of hydrogen-bond donors (Lipinski definition) is 2. The van der Waals surface area contributed by atoms with Gasteiger partial charge in [0.2, 0.25) is 0 Å².